The predicted octanol–water partition coefficient (Wildman–Crippen LogP) is 3.68. The second kappa shape index (κ2) is 7.79. The summed E-state index contributed by atoms with van der Waals surface area (Å²) in [5, 5.41) is 3.09. The van der Waals surface area contributed by atoms with Crippen LogP contribution in [0, 0.1) is 6.92 Å². The van der Waals surface area contributed by atoms with Crippen molar-refractivity contribution in [1.82, 2.24) is 5.32 Å². The van der Waals surface area contributed by atoms with Crippen molar-refractivity contribution in [3.63, 3.8) is 0 Å². The quantitative estimate of drug-likeness (QED) is 0.850. The van der Waals surface area contributed by atoms with Gasteiger partial charge >= 0.3 is 5.97 Å². The maximum atomic E-state index is 12.0. The van der Waals surface area contributed by atoms with E-state index in [-0.39, 0.29) is 12.5 Å². The number of carbonyl (C=O) groups excluding carboxylic acids is 2. The van der Waals surface area contributed by atoms with E-state index in [4.69, 9.17) is 16.3 Å². The molecule has 0 aliphatic carbocycles. The van der Waals surface area contributed by atoms with Gasteiger partial charge in [-0.15, -0.1) is 0 Å². The van der Waals surface area contributed by atoms with Gasteiger partial charge in [0.1, 0.15) is 12.6 Å². The molecular formula is C18H18ClNO3. The van der Waals surface area contributed by atoms with Gasteiger partial charge in [0, 0.05) is 16.1 Å². The second-order valence-electron chi connectivity index (χ2n) is 5.21. The van der Waals surface area contributed by atoms with Crippen molar-refractivity contribution < 1.29 is 14.3 Å². The highest BCUT2D eigenvalue weighted by Crippen LogP contribution is 2.24. The topological polar surface area (TPSA) is 55.4 Å². The van der Waals surface area contributed by atoms with Crippen LogP contribution in [-0.2, 0) is 9.53 Å². The van der Waals surface area contributed by atoms with Gasteiger partial charge in [0.15, 0.2) is 0 Å². The Morgan fingerprint density at radius 3 is 2.61 bits per heavy atom. The lowest BCUT2D eigenvalue weighted by Crippen LogP contribution is -2.31. The Morgan fingerprint density at radius 2 is 1.91 bits per heavy atom. The fourth-order valence-electron chi connectivity index (χ4n) is 2.15. The Bertz CT molecular complexity index is 715. The average Bonchev–Trinajstić information content (AvgIpc) is 2.53. The largest absolute Gasteiger partial charge is 0.456 e. The molecule has 0 saturated heterocycles. The maximum absolute atomic E-state index is 12.0. The van der Waals surface area contributed by atoms with Crippen molar-refractivity contribution in [2.75, 3.05) is 6.54 Å². The molecule has 0 spiro atoms. The number of amides is 1. The molecule has 23 heavy (non-hydrogen) atoms. The summed E-state index contributed by atoms with van der Waals surface area (Å²) < 4.78 is 5.29. The van der Waals surface area contributed by atoms with Crippen LogP contribution in [0.3, 0.4) is 0 Å². The fraction of sp³-hybridized carbons (Fsp3) is 0.222. The van der Waals surface area contributed by atoms with Gasteiger partial charge in [-0.3, -0.25) is 9.59 Å². The summed E-state index contributed by atoms with van der Waals surface area (Å²) in [5.74, 6) is -0.825. The SMILES string of the molecule is Cc1cccc(C(=O)NCC(=O)O[C@@H](C)c2ccccc2Cl)c1. The molecule has 4 nitrogen and oxygen atoms in total. The number of hydrogen-bond donors (Lipinski definition) is 1. The van der Waals surface area contributed by atoms with E-state index in [1.807, 2.05) is 25.1 Å². The number of esters is 1. The maximum Gasteiger partial charge on any atom is 0.326 e. The van der Waals surface area contributed by atoms with Gasteiger partial charge in [0.05, 0.1) is 0 Å². The summed E-state index contributed by atoms with van der Waals surface area (Å²) >= 11 is 6.06. The smallest absolute Gasteiger partial charge is 0.326 e. The predicted molar refractivity (Wildman–Crippen MR) is 89.5 cm³/mol. The Labute approximate surface area is 140 Å². The summed E-state index contributed by atoms with van der Waals surface area (Å²) in [5.41, 5.74) is 2.22. The highest BCUT2D eigenvalue weighted by Gasteiger charge is 2.15. The molecule has 0 bridgehead atoms. The first-order valence-electron chi connectivity index (χ1n) is 7.26. The molecule has 0 unspecified atom stereocenters. The zero-order valence-corrected chi connectivity index (χ0v) is 13.8. The number of halogens is 1. The summed E-state index contributed by atoms with van der Waals surface area (Å²) in [6, 6.07) is 14.3. The molecule has 0 aromatic heterocycles. The Kier molecular flexibility index (Phi) is 5.77. The Hall–Kier alpha value is -2.33. The number of nitrogens with one attached hydrogen (secondary N) is 1. The summed E-state index contributed by atoms with van der Waals surface area (Å²) in [7, 11) is 0. The fourth-order valence-corrected chi connectivity index (χ4v) is 2.44. The van der Waals surface area contributed by atoms with Gasteiger partial charge in [-0.05, 0) is 32.0 Å². The summed E-state index contributed by atoms with van der Waals surface area (Å²) in [6.07, 6.45) is -0.480. The highest BCUT2D eigenvalue weighted by atomic mass is 35.5. The number of ether oxygens (including phenoxy) is 1. The molecule has 0 aliphatic rings. The minimum absolute atomic E-state index is 0.193. The van der Waals surface area contributed by atoms with Crippen LogP contribution in [0.2, 0.25) is 5.02 Å². The lowest BCUT2D eigenvalue weighted by molar-refractivity contribution is -0.147. The molecule has 0 heterocycles. The standard InChI is InChI=1S/C18H18ClNO3/c1-12-6-5-7-14(10-12)18(22)20-11-17(21)23-13(2)15-8-3-4-9-16(15)19/h3-10,13H,11H2,1-2H3,(H,20,22)/t13-/m0/s1. The van der Waals surface area contributed by atoms with Gasteiger partial charge in [-0.2, -0.15) is 0 Å². The normalized spacial score (nSPS) is 11.6. The van der Waals surface area contributed by atoms with Crippen LogP contribution in [0.1, 0.15) is 34.5 Å². The Balaban J connectivity index is 1.88. The number of aryl methyl sites for hydroxylation is 1. The first kappa shape index (κ1) is 17.0. The van der Waals surface area contributed by atoms with Gasteiger partial charge in [-0.1, -0.05) is 47.5 Å². The molecule has 120 valence electrons. The molecule has 5 heteroatoms. The summed E-state index contributed by atoms with van der Waals surface area (Å²) in [6.45, 7) is 3.44. The first-order chi connectivity index (χ1) is 11.0. The van der Waals surface area contributed by atoms with E-state index >= 15 is 0 Å². The number of hydrogen-bond acceptors (Lipinski definition) is 3. The van der Waals surface area contributed by atoms with Crippen molar-refractivity contribution in [3.05, 3.63) is 70.2 Å². The Morgan fingerprint density at radius 1 is 1.17 bits per heavy atom. The van der Waals surface area contributed by atoms with E-state index in [0.29, 0.717) is 10.6 Å². The van der Waals surface area contributed by atoms with Gasteiger partial charge in [0.25, 0.3) is 5.91 Å². The first-order valence-corrected chi connectivity index (χ1v) is 7.64. The van der Waals surface area contributed by atoms with Crippen LogP contribution in [0.4, 0.5) is 0 Å². The van der Waals surface area contributed by atoms with Crippen LogP contribution < -0.4 is 5.32 Å². The van der Waals surface area contributed by atoms with Crippen molar-refractivity contribution in [2.45, 2.75) is 20.0 Å². The zero-order valence-electron chi connectivity index (χ0n) is 13.0. The molecule has 0 aliphatic heterocycles. The third kappa shape index (κ3) is 4.83. The molecule has 1 N–H and O–H groups in total. The lowest BCUT2D eigenvalue weighted by Gasteiger charge is -2.15. The highest BCUT2D eigenvalue weighted by molar-refractivity contribution is 6.31. The van der Waals surface area contributed by atoms with Crippen molar-refractivity contribution in [2.24, 2.45) is 0 Å². The van der Waals surface area contributed by atoms with E-state index in [1.165, 1.54) is 0 Å². The van der Waals surface area contributed by atoms with Gasteiger partial charge < -0.3 is 10.1 Å². The van der Waals surface area contributed by atoms with E-state index in [1.54, 1.807) is 37.3 Å². The summed E-state index contributed by atoms with van der Waals surface area (Å²) in [4.78, 5) is 23.8. The van der Waals surface area contributed by atoms with E-state index in [0.717, 1.165) is 11.1 Å². The van der Waals surface area contributed by atoms with Crippen molar-refractivity contribution >= 4 is 23.5 Å². The average molecular weight is 332 g/mol. The monoisotopic (exact) mass is 331 g/mol. The molecular weight excluding hydrogens is 314 g/mol. The zero-order chi connectivity index (χ0) is 16.8. The van der Waals surface area contributed by atoms with Crippen molar-refractivity contribution in [3.8, 4) is 0 Å². The minimum Gasteiger partial charge on any atom is -0.456 e. The molecule has 1 atom stereocenters. The molecule has 0 fully saturated rings. The molecule has 1 amide bonds. The number of rotatable bonds is 5. The van der Waals surface area contributed by atoms with Crippen LogP contribution in [0.5, 0.6) is 0 Å². The van der Waals surface area contributed by atoms with Gasteiger partial charge in [-0.25, -0.2) is 0 Å². The second-order valence-corrected chi connectivity index (χ2v) is 5.61. The lowest BCUT2D eigenvalue weighted by atomic mass is 10.1. The number of carbonyl (C=O) groups is 2. The third-order valence-electron chi connectivity index (χ3n) is 3.32. The van der Waals surface area contributed by atoms with E-state index in [9.17, 15) is 9.59 Å². The minimum atomic E-state index is -0.515. The molecule has 2 aromatic rings. The number of benzene rings is 2. The van der Waals surface area contributed by atoms with Crippen LogP contribution in [0.25, 0.3) is 0 Å². The molecule has 0 saturated carbocycles. The molecule has 0 radical (unpaired) electrons. The molecule has 2 rings (SSSR count). The van der Waals surface area contributed by atoms with Crippen LogP contribution in [0.15, 0.2) is 48.5 Å². The van der Waals surface area contributed by atoms with Crippen LogP contribution >= 0.6 is 11.6 Å². The van der Waals surface area contributed by atoms with Crippen molar-refractivity contribution in [1.29, 1.82) is 0 Å². The third-order valence-corrected chi connectivity index (χ3v) is 3.67. The van der Waals surface area contributed by atoms with E-state index in [2.05, 4.69) is 5.32 Å². The van der Waals surface area contributed by atoms with Crippen LogP contribution in [-0.4, -0.2) is 18.4 Å². The van der Waals surface area contributed by atoms with E-state index < -0.39 is 12.1 Å². The van der Waals surface area contributed by atoms with Gasteiger partial charge in [0.2, 0.25) is 0 Å². The molecule has 2 aromatic carbocycles.